The van der Waals surface area contributed by atoms with Crippen LogP contribution < -0.4 is 5.32 Å². The molecule has 0 unspecified atom stereocenters. The first-order valence-corrected chi connectivity index (χ1v) is 8.60. The van der Waals surface area contributed by atoms with Crippen LogP contribution in [-0.2, 0) is 6.42 Å². The van der Waals surface area contributed by atoms with Crippen LogP contribution in [0.4, 0.5) is 0 Å². The number of pyridine rings is 1. The zero-order valence-corrected chi connectivity index (χ0v) is 9.79. The van der Waals surface area contributed by atoms with E-state index in [2.05, 4.69) is 4.98 Å². The zero-order valence-electron chi connectivity index (χ0n) is 6.52. The van der Waals surface area contributed by atoms with Gasteiger partial charge in [-0.05, 0) is 18.1 Å². The van der Waals surface area contributed by atoms with Crippen molar-refractivity contribution in [3.63, 3.8) is 0 Å². The van der Waals surface area contributed by atoms with Crippen molar-refractivity contribution in [1.82, 2.24) is 4.98 Å². The molecule has 0 spiro atoms. The number of hydrogen-bond donors (Lipinski definition) is 0. The summed E-state index contributed by atoms with van der Waals surface area (Å²) in [7, 11) is 0. The molecule has 1 aromatic heterocycles. The van der Waals surface area contributed by atoms with Crippen molar-refractivity contribution < 1.29 is 0 Å². The molecule has 12 heavy (non-hydrogen) atoms. The van der Waals surface area contributed by atoms with Crippen LogP contribution in [0.1, 0.15) is 12.5 Å². The lowest BCUT2D eigenvalue weighted by atomic mass is 10.2. The van der Waals surface area contributed by atoms with Gasteiger partial charge < -0.3 is 0 Å². The number of nitrogens with zero attached hydrogens (tertiary/aromatic N) is 1. The second-order valence-corrected chi connectivity index (χ2v) is 10.7. The molecule has 0 aliphatic rings. The Hall–Kier alpha value is 0.237. The van der Waals surface area contributed by atoms with Crippen LogP contribution in [-0.4, -0.2) is 11.0 Å². The SMILES string of the molecule is CCc1cccnc1[Si](Cl)(Cl)Cl. The minimum atomic E-state index is -2.79. The average Bonchev–Trinajstić information content (AvgIpc) is 2.03. The van der Waals surface area contributed by atoms with Gasteiger partial charge in [0.25, 0.3) is 0 Å². The Kier molecular flexibility index (Phi) is 3.41. The molecular formula is C7H8Cl3NSi. The summed E-state index contributed by atoms with van der Waals surface area (Å²) in [4.78, 5) is 4.09. The zero-order chi connectivity index (χ0) is 9.19. The summed E-state index contributed by atoms with van der Waals surface area (Å²) in [5, 5.41) is 0.664. The monoisotopic (exact) mass is 239 g/mol. The summed E-state index contributed by atoms with van der Waals surface area (Å²) in [6, 6.07) is 1.00. The second-order valence-electron chi connectivity index (χ2n) is 2.36. The highest BCUT2D eigenvalue weighted by Gasteiger charge is 2.31. The van der Waals surface area contributed by atoms with Gasteiger partial charge in [-0.3, -0.25) is 4.98 Å². The van der Waals surface area contributed by atoms with Crippen molar-refractivity contribution in [3.05, 3.63) is 23.9 Å². The predicted molar refractivity (Wildman–Crippen MR) is 56.6 cm³/mol. The van der Waals surface area contributed by atoms with E-state index < -0.39 is 6.00 Å². The van der Waals surface area contributed by atoms with Gasteiger partial charge in [0.05, 0.1) is 5.32 Å². The summed E-state index contributed by atoms with van der Waals surface area (Å²) >= 11 is 17.5. The molecule has 0 fully saturated rings. The van der Waals surface area contributed by atoms with Gasteiger partial charge in [0.15, 0.2) is 0 Å². The minimum Gasteiger partial charge on any atom is -0.262 e. The third kappa shape index (κ3) is 2.36. The molecule has 1 rings (SSSR count). The number of aromatic nitrogens is 1. The van der Waals surface area contributed by atoms with Crippen molar-refractivity contribution >= 4 is 44.6 Å². The number of rotatable bonds is 2. The van der Waals surface area contributed by atoms with Gasteiger partial charge in [-0.25, -0.2) is 0 Å². The molecule has 0 radical (unpaired) electrons. The first kappa shape index (κ1) is 10.3. The van der Waals surface area contributed by atoms with Crippen LogP contribution in [0.15, 0.2) is 18.3 Å². The van der Waals surface area contributed by atoms with Gasteiger partial charge in [0.2, 0.25) is 0 Å². The molecule has 0 aliphatic carbocycles. The number of aryl methyl sites for hydroxylation is 1. The fourth-order valence-electron chi connectivity index (χ4n) is 0.979. The highest BCUT2D eigenvalue weighted by Crippen LogP contribution is 2.20. The van der Waals surface area contributed by atoms with Crippen molar-refractivity contribution in [3.8, 4) is 0 Å². The van der Waals surface area contributed by atoms with Crippen LogP contribution >= 0.6 is 33.2 Å². The smallest absolute Gasteiger partial charge is 0.262 e. The predicted octanol–water partition coefficient (Wildman–Crippen LogP) is 2.51. The van der Waals surface area contributed by atoms with Crippen LogP contribution in [0.25, 0.3) is 0 Å². The molecule has 1 aromatic rings. The summed E-state index contributed by atoms with van der Waals surface area (Å²) < 4.78 is 0. The van der Waals surface area contributed by atoms with Crippen LogP contribution in [0.3, 0.4) is 0 Å². The summed E-state index contributed by atoms with van der Waals surface area (Å²) in [6.07, 6.45) is 2.51. The molecule has 1 nitrogen and oxygen atoms in total. The quantitative estimate of drug-likeness (QED) is 0.572. The Labute approximate surface area is 86.8 Å². The van der Waals surface area contributed by atoms with Gasteiger partial charge in [0.1, 0.15) is 0 Å². The Bertz CT molecular complexity index is 272. The average molecular weight is 241 g/mol. The van der Waals surface area contributed by atoms with E-state index in [4.69, 9.17) is 33.2 Å². The largest absolute Gasteiger partial charge is 0.391 e. The summed E-state index contributed by atoms with van der Waals surface area (Å²) in [5.41, 5.74) is 1.03. The van der Waals surface area contributed by atoms with E-state index >= 15 is 0 Å². The molecule has 0 aromatic carbocycles. The lowest BCUT2D eigenvalue weighted by molar-refractivity contribution is 1.13. The molecular weight excluding hydrogens is 233 g/mol. The topological polar surface area (TPSA) is 12.9 Å². The maximum absolute atomic E-state index is 5.85. The Morgan fingerprint density at radius 1 is 1.42 bits per heavy atom. The van der Waals surface area contributed by atoms with Crippen molar-refractivity contribution in [2.24, 2.45) is 0 Å². The van der Waals surface area contributed by atoms with Crippen LogP contribution in [0, 0.1) is 0 Å². The second kappa shape index (κ2) is 3.96. The van der Waals surface area contributed by atoms with Crippen LogP contribution in [0.5, 0.6) is 0 Å². The third-order valence-corrected chi connectivity index (χ3v) is 4.14. The van der Waals surface area contributed by atoms with E-state index in [9.17, 15) is 0 Å². The third-order valence-electron chi connectivity index (χ3n) is 1.54. The highest BCUT2D eigenvalue weighted by molar-refractivity contribution is 7.69. The van der Waals surface area contributed by atoms with Gasteiger partial charge in [0, 0.05) is 6.20 Å². The fraction of sp³-hybridized carbons (Fsp3) is 0.286. The number of hydrogen-bond acceptors (Lipinski definition) is 1. The molecule has 0 aliphatic heterocycles. The van der Waals surface area contributed by atoms with Gasteiger partial charge in [-0.2, -0.15) is 0 Å². The maximum atomic E-state index is 5.85. The maximum Gasteiger partial charge on any atom is 0.391 e. The molecule has 0 saturated carbocycles. The van der Waals surface area contributed by atoms with E-state index in [0.29, 0.717) is 5.32 Å². The fourth-order valence-corrected chi connectivity index (χ4v) is 3.36. The molecule has 0 atom stereocenters. The molecule has 66 valence electrons. The first-order chi connectivity index (χ1) is 5.55. The Morgan fingerprint density at radius 3 is 2.50 bits per heavy atom. The summed E-state index contributed by atoms with van der Waals surface area (Å²) in [5.74, 6) is 0. The molecule has 0 amide bonds. The van der Waals surface area contributed by atoms with Gasteiger partial charge in [-0.15, -0.1) is 33.2 Å². The Balaban J connectivity index is 3.14. The standard InChI is InChI=1S/C7H8Cl3NSi/c1-2-6-4-3-5-11-7(6)12(8,9)10/h3-5H,2H2,1H3. The molecule has 5 heteroatoms. The lowest BCUT2D eigenvalue weighted by Gasteiger charge is -2.10. The molecule has 0 N–H and O–H groups in total. The van der Waals surface area contributed by atoms with E-state index in [1.165, 1.54) is 0 Å². The molecule has 0 saturated heterocycles. The first-order valence-electron chi connectivity index (χ1n) is 3.56. The van der Waals surface area contributed by atoms with E-state index in [1.807, 2.05) is 19.1 Å². The van der Waals surface area contributed by atoms with Crippen LogP contribution in [0.2, 0.25) is 0 Å². The van der Waals surface area contributed by atoms with Gasteiger partial charge in [-0.1, -0.05) is 13.0 Å². The van der Waals surface area contributed by atoms with Gasteiger partial charge >= 0.3 is 6.00 Å². The normalized spacial score (nSPS) is 11.7. The Morgan fingerprint density at radius 2 is 2.08 bits per heavy atom. The van der Waals surface area contributed by atoms with E-state index in [1.54, 1.807) is 6.20 Å². The lowest BCUT2D eigenvalue weighted by Crippen LogP contribution is -2.35. The van der Waals surface area contributed by atoms with E-state index in [-0.39, 0.29) is 0 Å². The minimum absolute atomic E-state index is 0.664. The van der Waals surface area contributed by atoms with Crippen molar-refractivity contribution in [1.29, 1.82) is 0 Å². The highest BCUT2D eigenvalue weighted by atomic mass is 35.8. The van der Waals surface area contributed by atoms with E-state index in [0.717, 1.165) is 12.0 Å². The summed E-state index contributed by atoms with van der Waals surface area (Å²) in [6.45, 7) is 2.02. The molecule has 1 heterocycles. The number of halogens is 3. The van der Waals surface area contributed by atoms with Crippen molar-refractivity contribution in [2.75, 3.05) is 0 Å². The molecule has 0 bridgehead atoms. The van der Waals surface area contributed by atoms with Crippen molar-refractivity contribution in [2.45, 2.75) is 13.3 Å².